The van der Waals surface area contributed by atoms with Crippen LogP contribution < -0.4 is 11.1 Å². The van der Waals surface area contributed by atoms with Crippen molar-refractivity contribution in [3.63, 3.8) is 0 Å². The topological polar surface area (TPSA) is 100 Å². The number of hydrogen-bond donors (Lipinski definition) is 2. The molecule has 0 aliphatic rings. The molecule has 2 heterocycles. The average molecular weight is 611 g/mol. The van der Waals surface area contributed by atoms with Crippen LogP contribution in [0.4, 0.5) is 11.4 Å². The highest BCUT2D eigenvalue weighted by Crippen LogP contribution is 2.17. The Morgan fingerprint density at radius 3 is 1.13 bits per heavy atom. The summed E-state index contributed by atoms with van der Waals surface area (Å²) < 4.78 is 3.14. The van der Waals surface area contributed by atoms with E-state index in [1.165, 1.54) is 0 Å². The van der Waals surface area contributed by atoms with E-state index in [2.05, 4.69) is 20.2 Å². The van der Waals surface area contributed by atoms with Gasteiger partial charge in [0.25, 0.3) is 11.1 Å². The molecule has 46 heavy (non-hydrogen) atoms. The van der Waals surface area contributed by atoms with Crippen LogP contribution in [0.5, 0.6) is 0 Å². The number of nitrogens with zero attached hydrogens (tertiary/aromatic N) is 4. The molecule has 8 nitrogen and oxygen atoms in total. The molecule has 6 aromatic rings. The van der Waals surface area contributed by atoms with E-state index in [9.17, 15) is 9.59 Å². The fourth-order valence-corrected chi connectivity index (χ4v) is 5.23. The number of rotatable bonds is 8. The van der Waals surface area contributed by atoms with Crippen molar-refractivity contribution >= 4 is 22.8 Å². The van der Waals surface area contributed by atoms with Gasteiger partial charge in [-0.2, -0.15) is 0 Å². The molecular formula is C38H38N6O2. The van der Waals surface area contributed by atoms with E-state index in [0.29, 0.717) is 24.0 Å². The first-order valence-electron chi connectivity index (χ1n) is 15.4. The van der Waals surface area contributed by atoms with Crippen molar-refractivity contribution in [3.8, 4) is 11.4 Å². The molecule has 232 valence electrons. The average Bonchev–Trinajstić information content (AvgIpc) is 3.57. The van der Waals surface area contributed by atoms with Gasteiger partial charge in [-0.1, -0.05) is 86.6 Å². The number of H-pyrrole nitrogens is 2. The van der Waals surface area contributed by atoms with E-state index >= 15 is 0 Å². The minimum absolute atomic E-state index is 0.0646. The smallest absolute Gasteiger partial charge is 0.280 e. The van der Waals surface area contributed by atoms with Crippen LogP contribution in [-0.4, -0.2) is 31.0 Å². The van der Waals surface area contributed by atoms with E-state index in [4.69, 9.17) is 0 Å². The fraction of sp³-hybridized carbons (Fsp3) is 0.158. The Hall–Kier alpha value is -5.76. The number of aliphatic imine (C=N–C) groups is 2. The van der Waals surface area contributed by atoms with Crippen LogP contribution in [0, 0.1) is 13.8 Å². The van der Waals surface area contributed by atoms with Crippen molar-refractivity contribution in [2.45, 2.75) is 40.5 Å². The van der Waals surface area contributed by atoms with Crippen LogP contribution in [0.2, 0.25) is 0 Å². The van der Waals surface area contributed by atoms with Crippen molar-refractivity contribution in [1.82, 2.24) is 19.6 Å². The molecule has 0 spiro atoms. The van der Waals surface area contributed by atoms with Crippen LogP contribution >= 0.6 is 0 Å². The standard InChI is InChI=1S/2C19H19N3O/c2*1-3-17(20-15-10-6-4-7-11-15)18-14(2)21-22(19(18)23)16-12-8-5-9-13-16/h2*4-13,21H,3H2,1-2H3. The van der Waals surface area contributed by atoms with Gasteiger partial charge < -0.3 is 0 Å². The van der Waals surface area contributed by atoms with Gasteiger partial charge in [-0.25, -0.2) is 9.36 Å². The first-order chi connectivity index (χ1) is 22.4. The Kier molecular flexibility index (Phi) is 10.2. The summed E-state index contributed by atoms with van der Waals surface area (Å²) in [6.45, 7) is 7.85. The summed E-state index contributed by atoms with van der Waals surface area (Å²) >= 11 is 0. The van der Waals surface area contributed by atoms with Gasteiger partial charge in [-0.15, -0.1) is 0 Å². The highest BCUT2D eigenvalue weighted by atomic mass is 16.1. The number of benzene rings is 4. The third-order valence-electron chi connectivity index (χ3n) is 7.46. The molecule has 6 rings (SSSR count). The summed E-state index contributed by atoms with van der Waals surface area (Å²) in [7, 11) is 0. The number of para-hydroxylation sites is 4. The lowest BCUT2D eigenvalue weighted by Crippen LogP contribution is -2.20. The van der Waals surface area contributed by atoms with Gasteiger partial charge in [0.2, 0.25) is 0 Å². The highest BCUT2D eigenvalue weighted by Gasteiger charge is 2.18. The number of aromatic nitrogens is 4. The minimum atomic E-state index is -0.0646. The molecule has 2 N–H and O–H groups in total. The largest absolute Gasteiger partial charge is 0.295 e. The SMILES string of the molecule is CCC(=Nc1ccccc1)c1c(C)[nH]n(-c2ccccc2)c1=O.CCC(=Nc1ccccc1)c1c(C)[nH]n(-c2ccccc2)c1=O. The lowest BCUT2D eigenvalue weighted by Gasteiger charge is -2.02. The molecule has 0 aliphatic heterocycles. The van der Waals surface area contributed by atoms with Gasteiger partial charge in [-0.05, 0) is 75.2 Å². The number of aryl methyl sites for hydroxylation is 2. The maximum atomic E-state index is 12.8. The zero-order chi connectivity index (χ0) is 32.5. The van der Waals surface area contributed by atoms with Gasteiger partial charge in [-0.3, -0.25) is 29.8 Å². The van der Waals surface area contributed by atoms with Crippen molar-refractivity contribution in [1.29, 1.82) is 0 Å². The Balaban J connectivity index is 0.000000181. The van der Waals surface area contributed by atoms with Gasteiger partial charge in [0, 0.05) is 11.4 Å². The first-order valence-corrected chi connectivity index (χ1v) is 15.4. The summed E-state index contributed by atoms with van der Waals surface area (Å²) in [5, 5.41) is 6.31. The molecule has 0 atom stereocenters. The molecule has 0 saturated heterocycles. The molecule has 2 aromatic heterocycles. The van der Waals surface area contributed by atoms with Crippen molar-refractivity contribution < 1.29 is 0 Å². The summed E-state index contributed by atoms with van der Waals surface area (Å²) in [6.07, 6.45) is 1.38. The summed E-state index contributed by atoms with van der Waals surface area (Å²) in [6, 6.07) is 38.6. The predicted molar refractivity (Wildman–Crippen MR) is 188 cm³/mol. The minimum Gasteiger partial charge on any atom is -0.295 e. The van der Waals surface area contributed by atoms with Gasteiger partial charge in [0.1, 0.15) is 0 Å². The van der Waals surface area contributed by atoms with Crippen LogP contribution in [0.1, 0.15) is 49.2 Å². The summed E-state index contributed by atoms with van der Waals surface area (Å²) in [5.74, 6) is 0. The summed E-state index contributed by atoms with van der Waals surface area (Å²) in [5.41, 5.74) is 7.78. The summed E-state index contributed by atoms with van der Waals surface area (Å²) in [4.78, 5) is 35.0. The normalized spacial score (nSPS) is 11.7. The Morgan fingerprint density at radius 1 is 0.522 bits per heavy atom. The van der Waals surface area contributed by atoms with Crippen LogP contribution in [0.25, 0.3) is 11.4 Å². The molecule has 0 unspecified atom stereocenters. The van der Waals surface area contributed by atoms with Gasteiger partial charge in [0.15, 0.2) is 0 Å². The quantitative estimate of drug-likeness (QED) is 0.171. The van der Waals surface area contributed by atoms with Crippen molar-refractivity contribution in [2.24, 2.45) is 9.98 Å². The van der Waals surface area contributed by atoms with E-state index in [0.717, 1.165) is 45.6 Å². The van der Waals surface area contributed by atoms with Crippen LogP contribution in [0.15, 0.2) is 141 Å². The molecule has 4 aromatic carbocycles. The van der Waals surface area contributed by atoms with Crippen molar-refractivity contribution in [3.05, 3.63) is 165 Å². The molecular weight excluding hydrogens is 572 g/mol. The maximum absolute atomic E-state index is 12.8. The second-order valence-electron chi connectivity index (χ2n) is 10.7. The van der Waals surface area contributed by atoms with Crippen molar-refractivity contribution in [2.75, 3.05) is 0 Å². The third-order valence-corrected chi connectivity index (χ3v) is 7.46. The molecule has 8 heteroatoms. The number of nitrogens with one attached hydrogen (secondary N) is 2. The number of aromatic amines is 2. The van der Waals surface area contributed by atoms with Crippen LogP contribution in [-0.2, 0) is 0 Å². The Labute approximate surface area is 268 Å². The number of hydrogen-bond acceptors (Lipinski definition) is 4. The van der Waals surface area contributed by atoms with Gasteiger partial charge >= 0.3 is 0 Å². The Bertz CT molecular complexity index is 1900. The zero-order valence-electron chi connectivity index (χ0n) is 26.6. The van der Waals surface area contributed by atoms with E-state index in [-0.39, 0.29) is 11.1 Å². The fourth-order valence-electron chi connectivity index (χ4n) is 5.23. The first kappa shape index (κ1) is 31.7. The molecule has 0 bridgehead atoms. The molecule has 0 fully saturated rings. The molecule has 0 aliphatic carbocycles. The Morgan fingerprint density at radius 2 is 0.826 bits per heavy atom. The highest BCUT2D eigenvalue weighted by molar-refractivity contribution is 6.03. The zero-order valence-corrected chi connectivity index (χ0v) is 26.6. The monoisotopic (exact) mass is 610 g/mol. The van der Waals surface area contributed by atoms with E-state index in [1.807, 2.05) is 149 Å². The lowest BCUT2D eigenvalue weighted by atomic mass is 10.1. The second-order valence-corrected chi connectivity index (χ2v) is 10.7. The molecule has 0 saturated carbocycles. The van der Waals surface area contributed by atoms with E-state index < -0.39 is 0 Å². The third kappa shape index (κ3) is 7.13. The lowest BCUT2D eigenvalue weighted by molar-refractivity contribution is 0.835. The second kappa shape index (κ2) is 14.8. The maximum Gasteiger partial charge on any atom is 0.280 e. The molecule has 0 radical (unpaired) electrons. The van der Waals surface area contributed by atoms with Crippen LogP contribution in [0.3, 0.4) is 0 Å². The predicted octanol–water partition coefficient (Wildman–Crippen LogP) is 8.01. The van der Waals surface area contributed by atoms with Gasteiger partial charge in [0.05, 0.1) is 45.3 Å². The molecule has 0 amide bonds. The van der Waals surface area contributed by atoms with E-state index in [1.54, 1.807) is 9.36 Å².